The molecule has 94 valence electrons. The molecule has 3 heteroatoms. The van der Waals surface area contributed by atoms with Crippen molar-refractivity contribution >= 4 is 12.4 Å². The predicted octanol–water partition coefficient (Wildman–Crippen LogP) is 2.75. The highest BCUT2D eigenvalue weighted by Crippen LogP contribution is 2.47. The number of halogens is 1. The van der Waals surface area contributed by atoms with Crippen LogP contribution >= 0.6 is 12.4 Å². The van der Waals surface area contributed by atoms with Crippen LogP contribution in [0, 0.1) is 11.8 Å². The third kappa shape index (κ3) is 2.65. The van der Waals surface area contributed by atoms with Crippen LogP contribution in [0.15, 0.2) is 30.3 Å². The third-order valence-corrected chi connectivity index (χ3v) is 4.16. The highest BCUT2D eigenvalue weighted by Gasteiger charge is 2.46. The Morgan fingerprint density at radius 2 is 1.88 bits per heavy atom. The lowest BCUT2D eigenvalue weighted by molar-refractivity contribution is 0.0429. The van der Waals surface area contributed by atoms with E-state index < -0.39 is 0 Å². The van der Waals surface area contributed by atoms with Gasteiger partial charge >= 0.3 is 0 Å². The van der Waals surface area contributed by atoms with Gasteiger partial charge in [0.05, 0.1) is 12.7 Å². The summed E-state index contributed by atoms with van der Waals surface area (Å²) < 4.78 is 5.96. The molecule has 0 amide bonds. The summed E-state index contributed by atoms with van der Waals surface area (Å²) in [7, 11) is 0. The minimum atomic E-state index is 0. The van der Waals surface area contributed by atoms with Gasteiger partial charge in [0.1, 0.15) is 0 Å². The summed E-state index contributed by atoms with van der Waals surface area (Å²) in [5, 5.41) is 0. The van der Waals surface area contributed by atoms with Gasteiger partial charge in [-0.05, 0) is 36.7 Å². The lowest BCUT2D eigenvalue weighted by Gasteiger charge is -2.37. The molecule has 0 heterocycles. The molecule has 1 aromatic carbocycles. The first-order chi connectivity index (χ1) is 7.83. The van der Waals surface area contributed by atoms with Gasteiger partial charge in [-0.25, -0.2) is 0 Å². The van der Waals surface area contributed by atoms with E-state index in [-0.39, 0.29) is 12.4 Å². The van der Waals surface area contributed by atoms with Crippen molar-refractivity contribution in [1.29, 1.82) is 0 Å². The number of hydrogen-bond donors (Lipinski definition) is 1. The Hall–Kier alpha value is -0.570. The highest BCUT2D eigenvalue weighted by molar-refractivity contribution is 5.85. The van der Waals surface area contributed by atoms with E-state index in [0.717, 1.165) is 18.4 Å². The Morgan fingerprint density at radius 1 is 1.12 bits per heavy atom. The van der Waals surface area contributed by atoms with Crippen LogP contribution in [-0.4, -0.2) is 12.1 Å². The molecule has 2 saturated carbocycles. The van der Waals surface area contributed by atoms with Crippen LogP contribution in [-0.2, 0) is 11.3 Å². The second kappa shape index (κ2) is 5.38. The van der Waals surface area contributed by atoms with E-state index in [9.17, 15) is 0 Å². The summed E-state index contributed by atoms with van der Waals surface area (Å²) in [5.41, 5.74) is 7.25. The van der Waals surface area contributed by atoms with Crippen LogP contribution in [0.5, 0.6) is 0 Å². The van der Waals surface area contributed by atoms with Gasteiger partial charge in [0, 0.05) is 6.04 Å². The molecular weight excluding hydrogens is 234 g/mol. The minimum absolute atomic E-state index is 0. The molecule has 2 aliphatic rings. The van der Waals surface area contributed by atoms with E-state index in [1.807, 2.05) is 6.07 Å². The first kappa shape index (κ1) is 12.9. The van der Waals surface area contributed by atoms with Crippen molar-refractivity contribution in [1.82, 2.24) is 0 Å². The van der Waals surface area contributed by atoms with Crippen molar-refractivity contribution < 1.29 is 4.74 Å². The van der Waals surface area contributed by atoms with Gasteiger partial charge in [-0.1, -0.05) is 30.3 Å². The normalized spacial score (nSPS) is 34.6. The molecule has 0 unspecified atom stereocenters. The maximum absolute atomic E-state index is 5.98. The zero-order chi connectivity index (χ0) is 11.0. The summed E-state index contributed by atoms with van der Waals surface area (Å²) in [4.78, 5) is 0. The first-order valence-electron chi connectivity index (χ1n) is 6.24. The standard InChI is InChI=1S/C14H19NO.ClH/c15-14-7-11-6-12(8-13(11)14)16-9-10-4-2-1-3-5-10;/h1-5,11-14H,6-9,15H2;1H/t11-,12+,13-,14-;/m1./s1. The molecule has 2 aliphatic carbocycles. The van der Waals surface area contributed by atoms with Crippen molar-refractivity contribution in [3.8, 4) is 0 Å². The van der Waals surface area contributed by atoms with E-state index >= 15 is 0 Å². The van der Waals surface area contributed by atoms with E-state index in [1.165, 1.54) is 24.8 Å². The van der Waals surface area contributed by atoms with Crippen LogP contribution in [0.4, 0.5) is 0 Å². The number of ether oxygens (including phenoxy) is 1. The lowest BCUT2D eigenvalue weighted by Crippen LogP contribution is -2.44. The number of fused-ring (bicyclic) bond motifs is 1. The van der Waals surface area contributed by atoms with Crippen molar-refractivity contribution in [3.63, 3.8) is 0 Å². The van der Waals surface area contributed by atoms with Crippen LogP contribution in [0.1, 0.15) is 24.8 Å². The fraction of sp³-hybridized carbons (Fsp3) is 0.571. The maximum Gasteiger partial charge on any atom is 0.0720 e. The van der Waals surface area contributed by atoms with Crippen molar-refractivity contribution in [2.75, 3.05) is 0 Å². The molecule has 0 saturated heterocycles. The van der Waals surface area contributed by atoms with Crippen LogP contribution in [0.3, 0.4) is 0 Å². The van der Waals surface area contributed by atoms with Gasteiger partial charge in [0.15, 0.2) is 0 Å². The summed E-state index contributed by atoms with van der Waals surface area (Å²) in [6.45, 7) is 0.750. The number of nitrogens with two attached hydrogens (primary N) is 1. The predicted molar refractivity (Wildman–Crippen MR) is 71.1 cm³/mol. The zero-order valence-electron chi connectivity index (χ0n) is 9.92. The third-order valence-electron chi connectivity index (χ3n) is 4.16. The Balaban J connectivity index is 0.00000108. The summed E-state index contributed by atoms with van der Waals surface area (Å²) in [6.07, 6.45) is 4.07. The molecule has 0 aliphatic heterocycles. The fourth-order valence-electron chi connectivity index (χ4n) is 3.15. The Kier molecular flexibility index (Phi) is 4.08. The Bertz CT molecular complexity index is 356. The van der Waals surface area contributed by atoms with Crippen molar-refractivity contribution in [2.45, 2.75) is 38.0 Å². The topological polar surface area (TPSA) is 35.2 Å². The van der Waals surface area contributed by atoms with E-state index in [1.54, 1.807) is 0 Å². The van der Waals surface area contributed by atoms with Crippen molar-refractivity contribution in [3.05, 3.63) is 35.9 Å². The molecule has 0 radical (unpaired) electrons. The molecule has 0 aromatic heterocycles. The molecule has 2 nitrogen and oxygen atoms in total. The second-order valence-electron chi connectivity index (χ2n) is 5.21. The van der Waals surface area contributed by atoms with Gasteiger partial charge < -0.3 is 10.5 Å². The van der Waals surface area contributed by atoms with Gasteiger partial charge in [-0.3, -0.25) is 0 Å². The van der Waals surface area contributed by atoms with Crippen LogP contribution in [0.2, 0.25) is 0 Å². The quantitative estimate of drug-likeness (QED) is 0.899. The minimum Gasteiger partial charge on any atom is -0.374 e. The van der Waals surface area contributed by atoms with Crippen molar-refractivity contribution in [2.24, 2.45) is 17.6 Å². The smallest absolute Gasteiger partial charge is 0.0720 e. The Morgan fingerprint density at radius 3 is 2.53 bits per heavy atom. The molecule has 0 bridgehead atoms. The van der Waals surface area contributed by atoms with Crippen LogP contribution < -0.4 is 5.73 Å². The zero-order valence-corrected chi connectivity index (χ0v) is 10.7. The monoisotopic (exact) mass is 253 g/mol. The molecule has 0 spiro atoms. The van der Waals surface area contributed by atoms with E-state index in [2.05, 4.69) is 24.3 Å². The SMILES string of the molecule is Cl.N[C@@H]1C[C@H]2C[C@H](OCc3ccccc3)C[C@H]21. The van der Waals surface area contributed by atoms with Gasteiger partial charge in [-0.2, -0.15) is 0 Å². The average molecular weight is 254 g/mol. The molecule has 3 rings (SSSR count). The van der Waals surface area contributed by atoms with E-state index in [4.69, 9.17) is 10.5 Å². The highest BCUT2D eigenvalue weighted by atomic mass is 35.5. The largest absolute Gasteiger partial charge is 0.374 e. The summed E-state index contributed by atoms with van der Waals surface area (Å²) in [6, 6.07) is 10.9. The molecular formula is C14H20ClNO. The first-order valence-corrected chi connectivity index (χ1v) is 6.24. The van der Waals surface area contributed by atoms with Gasteiger partial charge in [0.25, 0.3) is 0 Å². The molecule has 17 heavy (non-hydrogen) atoms. The lowest BCUT2D eigenvalue weighted by atomic mass is 9.72. The van der Waals surface area contributed by atoms with Gasteiger partial charge in [-0.15, -0.1) is 12.4 Å². The van der Waals surface area contributed by atoms with Crippen LogP contribution in [0.25, 0.3) is 0 Å². The average Bonchev–Trinajstić information content (AvgIpc) is 2.65. The molecule has 4 atom stereocenters. The second-order valence-corrected chi connectivity index (χ2v) is 5.21. The molecule has 1 aromatic rings. The number of rotatable bonds is 3. The maximum atomic E-state index is 5.98. The van der Waals surface area contributed by atoms with Gasteiger partial charge in [0.2, 0.25) is 0 Å². The fourth-order valence-corrected chi connectivity index (χ4v) is 3.15. The molecule has 2 fully saturated rings. The summed E-state index contributed by atoms with van der Waals surface area (Å²) >= 11 is 0. The summed E-state index contributed by atoms with van der Waals surface area (Å²) in [5.74, 6) is 1.61. The molecule has 2 N–H and O–H groups in total. The Labute approximate surface area is 109 Å². The number of hydrogen-bond acceptors (Lipinski definition) is 2. The van der Waals surface area contributed by atoms with E-state index in [0.29, 0.717) is 12.1 Å². The number of benzene rings is 1.